The van der Waals surface area contributed by atoms with E-state index in [4.69, 9.17) is 9.47 Å². The molecule has 0 radical (unpaired) electrons. The van der Waals surface area contributed by atoms with E-state index >= 15 is 0 Å². The molecule has 0 bridgehead atoms. The molecule has 5 nitrogen and oxygen atoms in total. The molecule has 0 aromatic heterocycles. The number of halogens is 3. The van der Waals surface area contributed by atoms with Crippen molar-refractivity contribution in [2.24, 2.45) is 0 Å². The predicted molar refractivity (Wildman–Crippen MR) is 136 cm³/mol. The molecule has 0 saturated heterocycles. The molecule has 1 heterocycles. The van der Waals surface area contributed by atoms with Crippen LogP contribution in [0.4, 0.5) is 18.9 Å². The van der Waals surface area contributed by atoms with Gasteiger partial charge in [0.25, 0.3) is 0 Å². The molecular weight excluding hydrogens is 483 g/mol. The Hall–Kier alpha value is -3.94. The third kappa shape index (κ3) is 5.74. The molecule has 1 atom stereocenters. The summed E-state index contributed by atoms with van der Waals surface area (Å²) < 4.78 is 52.7. The fourth-order valence-electron chi connectivity index (χ4n) is 4.72. The summed E-state index contributed by atoms with van der Waals surface area (Å²) in [5.74, 6) is 0.510. The Labute approximate surface area is 214 Å². The van der Waals surface area contributed by atoms with E-state index in [1.807, 2.05) is 36.4 Å². The second kappa shape index (κ2) is 10.6. The first-order valence-electron chi connectivity index (χ1n) is 11.8. The van der Waals surface area contributed by atoms with Crippen molar-refractivity contribution in [1.82, 2.24) is 0 Å². The topological polar surface area (TPSA) is 48.0 Å². The molecule has 37 heavy (non-hydrogen) atoms. The Bertz CT molecular complexity index is 1270. The number of rotatable bonds is 7. The number of benzene rings is 3. The number of hydrogen-bond donors (Lipinski definition) is 0. The number of methoxy groups -OCH3 is 2. The Kier molecular flexibility index (Phi) is 7.47. The quantitative estimate of drug-likeness (QED) is 0.281. The van der Waals surface area contributed by atoms with Gasteiger partial charge < -0.3 is 19.1 Å². The lowest BCUT2D eigenvalue weighted by Gasteiger charge is -2.48. The molecule has 4 rings (SSSR count). The first-order valence-corrected chi connectivity index (χ1v) is 11.8. The summed E-state index contributed by atoms with van der Waals surface area (Å²) in [6, 6.07) is 20.6. The molecule has 0 fully saturated rings. The molecular formula is C29H28F3NO4. The molecule has 194 valence electrons. The van der Waals surface area contributed by atoms with E-state index in [1.165, 1.54) is 13.2 Å². The first-order chi connectivity index (χ1) is 17.6. The average Bonchev–Trinajstić information content (AvgIpc) is 2.90. The lowest BCUT2D eigenvalue weighted by molar-refractivity contribution is -0.153. The number of carbonyl (C=O) groups excluding carboxylic acids is 1. The summed E-state index contributed by atoms with van der Waals surface area (Å²) in [4.78, 5) is 13.7. The van der Waals surface area contributed by atoms with Crippen LogP contribution in [0.2, 0.25) is 0 Å². The minimum Gasteiger partial charge on any atom is -0.497 e. The summed E-state index contributed by atoms with van der Waals surface area (Å²) in [5, 5.41) is 0. The molecule has 0 saturated carbocycles. The lowest BCUT2D eigenvalue weighted by atomic mass is 9.76. The maximum absolute atomic E-state index is 12.6. The van der Waals surface area contributed by atoms with Gasteiger partial charge in [0.2, 0.25) is 0 Å². The molecule has 3 aromatic rings. The number of hydrogen-bond acceptors (Lipinski definition) is 5. The van der Waals surface area contributed by atoms with Crippen molar-refractivity contribution in [2.45, 2.75) is 25.1 Å². The fraction of sp³-hybridized carbons (Fsp3) is 0.276. The zero-order valence-electron chi connectivity index (χ0n) is 20.8. The third-order valence-electron chi connectivity index (χ3n) is 6.62. The van der Waals surface area contributed by atoms with E-state index < -0.39 is 24.3 Å². The minimum absolute atomic E-state index is 0.159. The monoisotopic (exact) mass is 511 g/mol. The number of anilines is 1. The molecule has 1 aliphatic rings. The number of ether oxygens (including phenoxy) is 3. The Morgan fingerprint density at radius 1 is 1.00 bits per heavy atom. The highest BCUT2D eigenvalue weighted by Gasteiger charge is 2.40. The van der Waals surface area contributed by atoms with Crippen LogP contribution in [-0.2, 0) is 21.5 Å². The normalized spacial score (nSPS) is 17.4. The van der Waals surface area contributed by atoms with Crippen LogP contribution in [0.25, 0.3) is 6.08 Å². The maximum Gasteiger partial charge on any atom is 0.422 e. The highest BCUT2D eigenvalue weighted by atomic mass is 19.4. The summed E-state index contributed by atoms with van der Waals surface area (Å²) in [5.41, 5.74) is 4.41. The van der Waals surface area contributed by atoms with Gasteiger partial charge in [-0.1, -0.05) is 30.3 Å². The van der Waals surface area contributed by atoms with Gasteiger partial charge in [0.15, 0.2) is 6.61 Å². The molecule has 3 aromatic carbocycles. The standard InChI is InChI=1S/C29H28F3NO4/c1-28(22-7-4-20(5-8-22)6-15-27(34)36-3)26-14-13-25(35-2)18-21(26)16-17-33(28)23-9-11-24(12-10-23)37-19-29(30,31)32/h4-15,18H,16-17,19H2,1-3H3. The van der Waals surface area contributed by atoms with Crippen molar-refractivity contribution < 1.29 is 32.2 Å². The Balaban J connectivity index is 1.72. The molecule has 1 unspecified atom stereocenters. The van der Waals surface area contributed by atoms with E-state index in [1.54, 1.807) is 37.5 Å². The second-order valence-corrected chi connectivity index (χ2v) is 8.87. The van der Waals surface area contributed by atoms with Crippen LogP contribution in [-0.4, -0.2) is 39.5 Å². The van der Waals surface area contributed by atoms with Gasteiger partial charge >= 0.3 is 12.1 Å². The van der Waals surface area contributed by atoms with Gasteiger partial charge in [0.05, 0.1) is 19.8 Å². The van der Waals surface area contributed by atoms with Crippen molar-refractivity contribution in [3.05, 3.63) is 95.1 Å². The maximum atomic E-state index is 12.6. The largest absolute Gasteiger partial charge is 0.497 e. The van der Waals surface area contributed by atoms with Gasteiger partial charge in [-0.05, 0) is 78.1 Å². The van der Waals surface area contributed by atoms with Crippen molar-refractivity contribution in [3.63, 3.8) is 0 Å². The summed E-state index contributed by atoms with van der Waals surface area (Å²) in [7, 11) is 2.97. The van der Waals surface area contributed by atoms with Gasteiger partial charge in [0, 0.05) is 18.3 Å². The van der Waals surface area contributed by atoms with Crippen LogP contribution in [0.1, 0.15) is 29.2 Å². The third-order valence-corrected chi connectivity index (χ3v) is 6.62. The highest BCUT2D eigenvalue weighted by Crippen LogP contribution is 2.44. The van der Waals surface area contributed by atoms with Gasteiger partial charge in [-0.2, -0.15) is 13.2 Å². The SMILES string of the molecule is COC(=O)C=Cc1ccc(C2(C)c3ccc(OC)cc3CCN2c2ccc(OCC(F)(F)F)cc2)cc1. The Morgan fingerprint density at radius 2 is 1.68 bits per heavy atom. The summed E-state index contributed by atoms with van der Waals surface area (Å²) in [6.45, 7) is 1.48. The fourth-order valence-corrected chi connectivity index (χ4v) is 4.72. The van der Waals surface area contributed by atoms with Crippen LogP contribution >= 0.6 is 0 Å². The summed E-state index contributed by atoms with van der Waals surface area (Å²) >= 11 is 0. The second-order valence-electron chi connectivity index (χ2n) is 8.87. The van der Waals surface area contributed by atoms with Crippen LogP contribution in [0.15, 0.2) is 72.8 Å². The highest BCUT2D eigenvalue weighted by molar-refractivity contribution is 5.86. The zero-order valence-corrected chi connectivity index (χ0v) is 20.8. The average molecular weight is 512 g/mol. The number of alkyl halides is 3. The molecule has 0 amide bonds. The van der Waals surface area contributed by atoms with Crippen LogP contribution in [0.5, 0.6) is 11.5 Å². The smallest absolute Gasteiger partial charge is 0.422 e. The van der Waals surface area contributed by atoms with Gasteiger partial charge in [-0.3, -0.25) is 0 Å². The minimum atomic E-state index is -4.40. The molecule has 0 spiro atoms. The molecule has 1 aliphatic heterocycles. The van der Waals surface area contributed by atoms with Crippen LogP contribution < -0.4 is 14.4 Å². The first kappa shape index (κ1) is 26.1. The van der Waals surface area contributed by atoms with Crippen LogP contribution in [0, 0.1) is 0 Å². The summed E-state index contributed by atoms with van der Waals surface area (Å²) in [6.07, 6.45) is -0.565. The van der Waals surface area contributed by atoms with Gasteiger partial charge in [0.1, 0.15) is 11.5 Å². The van der Waals surface area contributed by atoms with E-state index in [0.29, 0.717) is 6.54 Å². The number of esters is 1. The van der Waals surface area contributed by atoms with Gasteiger partial charge in [-0.15, -0.1) is 0 Å². The van der Waals surface area contributed by atoms with E-state index in [0.717, 1.165) is 40.1 Å². The van der Waals surface area contributed by atoms with E-state index in [2.05, 4.69) is 22.6 Å². The van der Waals surface area contributed by atoms with Crippen molar-refractivity contribution in [1.29, 1.82) is 0 Å². The number of carbonyl (C=O) groups is 1. The molecule has 0 aliphatic carbocycles. The number of nitrogens with zero attached hydrogens (tertiary/aromatic N) is 1. The van der Waals surface area contributed by atoms with E-state index in [-0.39, 0.29) is 5.75 Å². The Morgan fingerprint density at radius 3 is 2.30 bits per heavy atom. The van der Waals surface area contributed by atoms with Crippen molar-refractivity contribution in [2.75, 3.05) is 32.3 Å². The molecule has 0 N–H and O–H groups in total. The predicted octanol–water partition coefficient (Wildman–Crippen LogP) is 6.15. The van der Waals surface area contributed by atoms with Gasteiger partial charge in [-0.25, -0.2) is 4.79 Å². The zero-order chi connectivity index (χ0) is 26.6. The van der Waals surface area contributed by atoms with Crippen LogP contribution in [0.3, 0.4) is 0 Å². The van der Waals surface area contributed by atoms with Crippen molar-refractivity contribution >= 4 is 17.7 Å². The molecule has 8 heteroatoms. The number of fused-ring (bicyclic) bond motifs is 1. The van der Waals surface area contributed by atoms with E-state index in [9.17, 15) is 18.0 Å². The van der Waals surface area contributed by atoms with Crippen molar-refractivity contribution in [3.8, 4) is 11.5 Å². The lowest BCUT2D eigenvalue weighted by Crippen LogP contribution is -2.49.